The van der Waals surface area contributed by atoms with Crippen LogP contribution in [0.1, 0.15) is 29.5 Å². The van der Waals surface area contributed by atoms with Gasteiger partial charge in [0.05, 0.1) is 13.2 Å². The van der Waals surface area contributed by atoms with Gasteiger partial charge < -0.3 is 14.8 Å². The molecule has 0 aliphatic carbocycles. The molecule has 0 saturated carbocycles. The van der Waals surface area contributed by atoms with Crippen molar-refractivity contribution in [2.75, 3.05) is 33.5 Å². The summed E-state index contributed by atoms with van der Waals surface area (Å²) in [5.74, 6) is 0. The zero-order chi connectivity index (χ0) is 13.9. The second kappa shape index (κ2) is 9.96. The standard InChI is InChI=1S/C16H27NO2/c1-14-6-7-16(12-15(14)2)13-17-8-4-5-9-19-11-10-18-3/h6-7,12,17H,4-5,8-11,13H2,1-3H3. The van der Waals surface area contributed by atoms with Gasteiger partial charge in [-0.05, 0) is 49.9 Å². The lowest BCUT2D eigenvalue weighted by atomic mass is 10.1. The number of methoxy groups -OCH3 is 1. The van der Waals surface area contributed by atoms with Crippen molar-refractivity contribution in [2.45, 2.75) is 33.2 Å². The maximum Gasteiger partial charge on any atom is 0.0700 e. The summed E-state index contributed by atoms with van der Waals surface area (Å²) in [4.78, 5) is 0. The van der Waals surface area contributed by atoms with Crippen molar-refractivity contribution in [1.29, 1.82) is 0 Å². The number of hydrogen-bond acceptors (Lipinski definition) is 3. The summed E-state index contributed by atoms with van der Waals surface area (Å²) in [6, 6.07) is 6.65. The summed E-state index contributed by atoms with van der Waals surface area (Å²) in [5, 5.41) is 3.47. The Bertz CT molecular complexity index is 353. The van der Waals surface area contributed by atoms with Crippen LogP contribution in [-0.4, -0.2) is 33.5 Å². The Morgan fingerprint density at radius 3 is 2.58 bits per heavy atom. The normalized spacial score (nSPS) is 10.9. The van der Waals surface area contributed by atoms with Gasteiger partial charge in [0.15, 0.2) is 0 Å². The summed E-state index contributed by atoms with van der Waals surface area (Å²) < 4.78 is 10.3. The first-order chi connectivity index (χ1) is 9.24. The molecular formula is C16H27NO2. The van der Waals surface area contributed by atoms with Gasteiger partial charge in [0.1, 0.15) is 0 Å². The lowest BCUT2D eigenvalue weighted by molar-refractivity contribution is 0.0688. The number of aryl methyl sites for hydroxylation is 2. The van der Waals surface area contributed by atoms with Crippen LogP contribution in [0.4, 0.5) is 0 Å². The van der Waals surface area contributed by atoms with Crippen LogP contribution in [0.25, 0.3) is 0 Å². The third kappa shape index (κ3) is 7.31. The monoisotopic (exact) mass is 265 g/mol. The Hall–Kier alpha value is -0.900. The second-order valence-electron chi connectivity index (χ2n) is 4.91. The van der Waals surface area contributed by atoms with Gasteiger partial charge in [0, 0.05) is 20.3 Å². The molecule has 0 fully saturated rings. The molecule has 0 aliphatic heterocycles. The lowest BCUT2D eigenvalue weighted by Crippen LogP contribution is -2.15. The van der Waals surface area contributed by atoms with Gasteiger partial charge in [0.2, 0.25) is 0 Å². The minimum absolute atomic E-state index is 0.686. The van der Waals surface area contributed by atoms with Crippen LogP contribution in [-0.2, 0) is 16.0 Å². The largest absolute Gasteiger partial charge is 0.382 e. The van der Waals surface area contributed by atoms with Crippen molar-refractivity contribution in [3.05, 3.63) is 34.9 Å². The first-order valence-electron chi connectivity index (χ1n) is 7.07. The van der Waals surface area contributed by atoms with E-state index in [0.29, 0.717) is 13.2 Å². The summed E-state index contributed by atoms with van der Waals surface area (Å²) in [5.41, 5.74) is 4.09. The van der Waals surface area contributed by atoms with E-state index in [9.17, 15) is 0 Å². The average Bonchev–Trinajstić information content (AvgIpc) is 2.41. The number of ether oxygens (including phenoxy) is 2. The van der Waals surface area contributed by atoms with Crippen molar-refractivity contribution in [3.63, 3.8) is 0 Å². The highest BCUT2D eigenvalue weighted by molar-refractivity contribution is 5.29. The highest BCUT2D eigenvalue weighted by Crippen LogP contribution is 2.09. The molecule has 1 N–H and O–H groups in total. The highest BCUT2D eigenvalue weighted by Gasteiger charge is 1.96. The molecule has 3 heteroatoms. The molecule has 1 rings (SSSR count). The molecule has 0 saturated heterocycles. The number of unbranched alkanes of at least 4 members (excludes halogenated alkanes) is 1. The van der Waals surface area contributed by atoms with E-state index >= 15 is 0 Å². The Morgan fingerprint density at radius 2 is 1.84 bits per heavy atom. The van der Waals surface area contributed by atoms with Crippen molar-refractivity contribution < 1.29 is 9.47 Å². The molecular weight excluding hydrogens is 238 g/mol. The van der Waals surface area contributed by atoms with E-state index in [2.05, 4.69) is 37.4 Å². The van der Waals surface area contributed by atoms with Crippen molar-refractivity contribution in [2.24, 2.45) is 0 Å². The van der Waals surface area contributed by atoms with Crippen LogP contribution in [0.15, 0.2) is 18.2 Å². The zero-order valence-corrected chi connectivity index (χ0v) is 12.5. The molecule has 0 aromatic heterocycles. The van der Waals surface area contributed by atoms with Crippen LogP contribution in [0.3, 0.4) is 0 Å². The topological polar surface area (TPSA) is 30.5 Å². The fourth-order valence-corrected chi connectivity index (χ4v) is 1.84. The molecule has 0 radical (unpaired) electrons. The van der Waals surface area contributed by atoms with Gasteiger partial charge in [-0.15, -0.1) is 0 Å². The van der Waals surface area contributed by atoms with E-state index in [1.165, 1.54) is 16.7 Å². The first kappa shape index (κ1) is 16.2. The van der Waals surface area contributed by atoms with Gasteiger partial charge in [-0.1, -0.05) is 18.2 Å². The maximum absolute atomic E-state index is 5.42. The molecule has 0 atom stereocenters. The van der Waals surface area contributed by atoms with Crippen LogP contribution < -0.4 is 5.32 Å². The van der Waals surface area contributed by atoms with Crippen LogP contribution in [0.5, 0.6) is 0 Å². The third-order valence-electron chi connectivity index (χ3n) is 3.22. The third-order valence-corrected chi connectivity index (χ3v) is 3.22. The first-order valence-corrected chi connectivity index (χ1v) is 7.07. The van der Waals surface area contributed by atoms with Crippen LogP contribution >= 0.6 is 0 Å². The quantitative estimate of drug-likeness (QED) is 0.660. The van der Waals surface area contributed by atoms with E-state index in [-0.39, 0.29) is 0 Å². The summed E-state index contributed by atoms with van der Waals surface area (Å²) in [7, 11) is 1.69. The van der Waals surface area contributed by atoms with Gasteiger partial charge in [0.25, 0.3) is 0 Å². The molecule has 0 bridgehead atoms. The van der Waals surface area contributed by atoms with Crippen LogP contribution in [0, 0.1) is 13.8 Å². The predicted molar refractivity (Wildman–Crippen MR) is 79.6 cm³/mol. The molecule has 0 unspecified atom stereocenters. The average molecular weight is 265 g/mol. The van der Waals surface area contributed by atoms with Gasteiger partial charge in [-0.3, -0.25) is 0 Å². The molecule has 0 spiro atoms. The fraction of sp³-hybridized carbons (Fsp3) is 0.625. The summed E-state index contributed by atoms with van der Waals surface area (Å²) in [6.45, 7) is 8.52. The Balaban J connectivity index is 2.00. The van der Waals surface area contributed by atoms with E-state index in [4.69, 9.17) is 9.47 Å². The minimum atomic E-state index is 0.686. The van der Waals surface area contributed by atoms with E-state index in [1.54, 1.807) is 7.11 Å². The zero-order valence-electron chi connectivity index (χ0n) is 12.5. The summed E-state index contributed by atoms with van der Waals surface area (Å²) >= 11 is 0. The number of rotatable bonds is 10. The fourth-order valence-electron chi connectivity index (χ4n) is 1.84. The molecule has 19 heavy (non-hydrogen) atoms. The highest BCUT2D eigenvalue weighted by atomic mass is 16.5. The molecule has 1 aromatic carbocycles. The predicted octanol–water partition coefficient (Wildman–Crippen LogP) is 2.84. The van der Waals surface area contributed by atoms with E-state index in [0.717, 1.165) is 32.5 Å². The Labute approximate surface area is 117 Å². The molecule has 3 nitrogen and oxygen atoms in total. The Kier molecular flexibility index (Phi) is 8.47. The lowest BCUT2D eigenvalue weighted by Gasteiger charge is -2.07. The minimum Gasteiger partial charge on any atom is -0.382 e. The van der Waals surface area contributed by atoms with E-state index < -0.39 is 0 Å². The van der Waals surface area contributed by atoms with Crippen molar-refractivity contribution in [1.82, 2.24) is 5.32 Å². The second-order valence-corrected chi connectivity index (χ2v) is 4.91. The SMILES string of the molecule is COCCOCCCCNCc1ccc(C)c(C)c1. The summed E-state index contributed by atoms with van der Waals surface area (Å²) in [6.07, 6.45) is 2.25. The van der Waals surface area contributed by atoms with Crippen molar-refractivity contribution >= 4 is 0 Å². The van der Waals surface area contributed by atoms with Gasteiger partial charge in [-0.2, -0.15) is 0 Å². The molecule has 108 valence electrons. The number of nitrogens with one attached hydrogen (secondary N) is 1. The molecule has 0 heterocycles. The van der Waals surface area contributed by atoms with Crippen LogP contribution in [0.2, 0.25) is 0 Å². The Morgan fingerprint density at radius 1 is 1.00 bits per heavy atom. The molecule has 1 aromatic rings. The maximum atomic E-state index is 5.42. The molecule has 0 amide bonds. The number of hydrogen-bond donors (Lipinski definition) is 1. The van der Waals surface area contributed by atoms with Crippen molar-refractivity contribution in [3.8, 4) is 0 Å². The molecule has 0 aliphatic rings. The number of benzene rings is 1. The van der Waals surface area contributed by atoms with E-state index in [1.807, 2.05) is 0 Å². The smallest absolute Gasteiger partial charge is 0.0700 e. The van der Waals surface area contributed by atoms with Gasteiger partial charge in [-0.25, -0.2) is 0 Å². The van der Waals surface area contributed by atoms with Gasteiger partial charge >= 0.3 is 0 Å².